The molecular weight excluding hydrogens is 486 g/mol. The highest BCUT2D eigenvalue weighted by Gasteiger charge is 2.34. The van der Waals surface area contributed by atoms with Crippen LogP contribution in [0.5, 0.6) is 0 Å². The van der Waals surface area contributed by atoms with Gasteiger partial charge in [-0.1, -0.05) is 90.5 Å². The summed E-state index contributed by atoms with van der Waals surface area (Å²) in [5.41, 5.74) is 5.62. The molecule has 0 spiro atoms. The molecule has 1 N–H and O–H groups in total. The lowest BCUT2D eigenvalue weighted by Gasteiger charge is -2.36. The Bertz CT molecular complexity index is 1430. The van der Waals surface area contributed by atoms with Gasteiger partial charge in [-0.15, -0.1) is 0 Å². The van der Waals surface area contributed by atoms with Crippen LogP contribution < -0.4 is 5.32 Å². The van der Waals surface area contributed by atoms with Gasteiger partial charge >= 0.3 is 0 Å². The molecule has 4 aromatic rings. The van der Waals surface area contributed by atoms with Gasteiger partial charge in [0.1, 0.15) is 0 Å². The molecule has 3 atom stereocenters. The quantitative estimate of drug-likeness (QED) is 0.242. The largest absolute Gasteiger partial charge is 0.305 e. The highest BCUT2D eigenvalue weighted by molar-refractivity contribution is 6.30. The minimum Gasteiger partial charge on any atom is -0.305 e. The number of rotatable bonds is 9. The number of hydrogen-bond donors (Lipinski definition) is 1. The number of benzene rings is 4. The van der Waals surface area contributed by atoms with Gasteiger partial charge in [0.2, 0.25) is 0 Å². The number of nitriles is 2. The van der Waals surface area contributed by atoms with E-state index in [-0.39, 0.29) is 18.0 Å². The van der Waals surface area contributed by atoms with Gasteiger partial charge < -0.3 is 5.32 Å². The standard InChI is InChI=1S/C34H32ClN3/c1-24(32(21-25-12-18-31(35)19-13-25)30-11-7-8-26(20-30)22-36)38-33(34(2,3)23-37)29-16-14-28(15-17-29)27-9-5-4-6-10-27/h4-20,24,32-33,38H,21H2,1-3H3/t24?,32?,33-/m0/s1. The average Bonchev–Trinajstić information content (AvgIpc) is 2.96. The van der Waals surface area contributed by atoms with E-state index in [0.29, 0.717) is 10.6 Å². The third-order valence-electron chi connectivity index (χ3n) is 7.21. The number of halogens is 1. The summed E-state index contributed by atoms with van der Waals surface area (Å²) in [4.78, 5) is 0. The minimum atomic E-state index is -0.651. The molecule has 190 valence electrons. The molecule has 0 saturated heterocycles. The maximum atomic E-state index is 10.1. The van der Waals surface area contributed by atoms with Crippen molar-refractivity contribution in [3.8, 4) is 23.3 Å². The normalized spacial score (nSPS) is 13.6. The van der Waals surface area contributed by atoms with E-state index in [2.05, 4.69) is 79.0 Å². The summed E-state index contributed by atoms with van der Waals surface area (Å²) in [7, 11) is 0. The molecule has 38 heavy (non-hydrogen) atoms. The minimum absolute atomic E-state index is 0.00560. The predicted molar refractivity (Wildman–Crippen MR) is 156 cm³/mol. The molecule has 0 aliphatic heterocycles. The highest BCUT2D eigenvalue weighted by atomic mass is 35.5. The lowest BCUT2D eigenvalue weighted by Crippen LogP contribution is -2.42. The van der Waals surface area contributed by atoms with Crippen LogP contribution in [0.25, 0.3) is 11.1 Å². The van der Waals surface area contributed by atoms with Gasteiger partial charge in [0, 0.05) is 17.0 Å². The molecule has 0 aliphatic carbocycles. The van der Waals surface area contributed by atoms with Crippen molar-refractivity contribution in [2.75, 3.05) is 0 Å². The molecule has 0 radical (unpaired) electrons. The Labute approximate surface area is 231 Å². The van der Waals surface area contributed by atoms with Crippen LogP contribution in [0.2, 0.25) is 5.02 Å². The first-order valence-electron chi connectivity index (χ1n) is 12.9. The third kappa shape index (κ3) is 6.51. The Morgan fingerprint density at radius 2 is 1.45 bits per heavy atom. The summed E-state index contributed by atoms with van der Waals surface area (Å²) in [6.45, 7) is 6.12. The molecule has 0 heterocycles. The molecule has 0 amide bonds. The highest BCUT2D eigenvalue weighted by Crippen LogP contribution is 2.36. The summed E-state index contributed by atoms with van der Waals surface area (Å²) in [6.07, 6.45) is 0.771. The summed E-state index contributed by atoms with van der Waals surface area (Å²) < 4.78 is 0. The zero-order valence-corrected chi connectivity index (χ0v) is 22.8. The smallest absolute Gasteiger partial charge is 0.0991 e. The van der Waals surface area contributed by atoms with E-state index in [1.807, 2.05) is 62.4 Å². The van der Waals surface area contributed by atoms with Crippen LogP contribution in [0, 0.1) is 28.1 Å². The Morgan fingerprint density at radius 1 is 0.789 bits per heavy atom. The van der Waals surface area contributed by atoms with Crippen molar-refractivity contribution in [3.63, 3.8) is 0 Å². The second-order valence-corrected chi connectivity index (χ2v) is 10.8. The number of hydrogen-bond acceptors (Lipinski definition) is 3. The second-order valence-electron chi connectivity index (χ2n) is 10.4. The van der Waals surface area contributed by atoms with Crippen LogP contribution >= 0.6 is 11.6 Å². The zero-order chi connectivity index (χ0) is 27.1. The van der Waals surface area contributed by atoms with Crippen molar-refractivity contribution in [3.05, 3.63) is 130 Å². The zero-order valence-electron chi connectivity index (χ0n) is 22.0. The lowest BCUT2D eigenvalue weighted by atomic mass is 9.79. The first kappa shape index (κ1) is 27.2. The number of nitrogens with zero attached hydrogens (tertiary/aromatic N) is 2. The molecule has 3 nitrogen and oxygen atoms in total. The topological polar surface area (TPSA) is 59.6 Å². The summed E-state index contributed by atoms with van der Waals surface area (Å²) in [5.74, 6) is 0.0741. The summed E-state index contributed by atoms with van der Waals surface area (Å²) >= 11 is 6.14. The molecule has 4 heteroatoms. The summed E-state index contributed by atoms with van der Waals surface area (Å²) in [5, 5.41) is 24.2. The molecule has 0 aromatic heterocycles. The van der Waals surface area contributed by atoms with E-state index in [4.69, 9.17) is 11.6 Å². The van der Waals surface area contributed by atoms with Gasteiger partial charge in [-0.05, 0) is 79.3 Å². The predicted octanol–water partition coefficient (Wildman–Crippen LogP) is 8.47. The maximum Gasteiger partial charge on any atom is 0.0991 e. The Hall–Kier alpha value is -3.89. The molecular formula is C34H32ClN3. The Kier molecular flexibility index (Phi) is 8.65. The molecule has 2 unspecified atom stereocenters. The van der Waals surface area contributed by atoms with E-state index >= 15 is 0 Å². The Balaban J connectivity index is 1.67. The first-order chi connectivity index (χ1) is 18.3. The van der Waals surface area contributed by atoms with Crippen LogP contribution in [-0.4, -0.2) is 6.04 Å². The second kappa shape index (κ2) is 12.1. The van der Waals surface area contributed by atoms with Gasteiger partial charge in [-0.3, -0.25) is 0 Å². The van der Waals surface area contributed by atoms with Crippen LogP contribution in [-0.2, 0) is 6.42 Å². The molecule has 0 saturated carbocycles. The van der Waals surface area contributed by atoms with E-state index in [0.717, 1.165) is 28.7 Å². The van der Waals surface area contributed by atoms with Crippen LogP contribution in [0.3, 0.4) is 0 Å². The van der Waals surface area contributed by atoms with Crippen molar-refractivity contribution in [2.24, 2.45) is 5.41 Å². The maximum absolute atomic E-state index is 10.1. The SMILES string of the molecule is CC(N[C@@H](c1ccc(-c2ccccc2)cc1)C(C)(C)C#N)C(Cc1ccc(Cl)cc1)c1cccc(C#N)c1. The average molecular weight is 518 g/mol. The fourth-order valence-corrected chi connectivity index (χ4v) is 5.09. The third-order valence-corrected chi connectivity index (χ3v) is 7.46. The van der Waals surface area contributed by atoms with Gasteiger partial charge in [-0.25, -0.2) is 0 Å². The van der Waals surface area contributed by atoms with Crippen LogP contribution in [0.1, 0.15) is 55.0 Å². The summed E-state index contributed by atoms with van der Waals surface area (Å²) in [6, 6.07) is 39.1. The monoisotopic (exact) mass is 517 g/mol. The van der Waals surface area contributed by atoms with Gasteiger partial charge in [0.25, 0.3) is 0 Å². The fourth-order valence-electron chi connectivity index (χ4n) is 4.96. The van der Waals surface area contributed by atoms with Crippen LogP contribution in [0.15, 0.2) is 103 Å². The van der Waals surface area contributed by atoms with E-state index in [1.165, 1.54) is 5.56 Å². The first-order valence-corrected chi connectivity index (χ1v) is 13.3. The van der Waals surface area contributed by atoms with Crippen molar-refractivity contribution < 1.29 is 0 Å². The van der Waals surface area contributed by atoms with Crippen LogP contribution in [0.4, 0.5) is 0 Å². The van der Waals surface area contributed by atoms with Gasteiger partial charge in [-0.2, -0.15) is 10.5 Å². The molecule has 0 aliphatic rings. The molecule has 4 aromatic carbocycles. The van der Waals surface area contributed by atoms with E-state index in [1.54, 1.807) is 0 Å². The van der Waals surface area contributed by atoms with Crippen molar-refractivity contribution in [1.29, 1.82) is 10.5 Å². The number of nitrogens with one attached hydrogen (secondary N) is 1. The Morgan fingerprint density at radius 3 is 2.08 bits per heavy atom. The van der Waals surface area contributed by atoms with E-state index in [9.17, 15) is 10.5 Å². The van der Waals surface area contributed by atoms with E-state index < -0.39 is 5.41 Å². The molecule has 4 rings (SSSR count). The lowest BCUT2D eigenvalue weighted by molar-refractivity contribution is 0.281. The van der Waals surface area contributed by atoms with Crippen molar-refractivity contribution in [1.82, 2.24) is 5.32 Å². The fraction of sp³-hybridized carbons (Fsp3) is 0.235. The molecule has 0 fully saturated rings. The van der Waals surface area contributed by atoms with Crippen molar-refractivity contribution >= 4 is 11.6 Å². The van der Waals surface area contributed by atoms with Gasteiger partial charge in [0.05, 0.1) is 29.2 Å². The van der Waals surface area contributed by atoms with Crippen molar-refractivity contribution in [2.45, 2.75) is 45.2 Å². The van der Waals surface area contributed by atoms with Gasteiger partial charge in [0.15, 0.2) is 0 Å². The molecule has 0 bridgehead atoms.